The number of aryl methyl sites for hydroxylation is 1. The lowest BCUT2D eigenvalue weighted by Gasteiger charge is -2.03. The molecular weight excluding hydrogens is 204 g/mol. The molecule has 0 saturated carbocycles. The molecule has 0 saturated heterocycles. The van der Waals surface area contributed by atoms with E-state index < -0.39 is 0 Å². The molecule has 0 aliphatic heterocycles. The van der Waals surface area contributed by atoms with Crippen molar-refractivity contribution < 1.29 is 9.21 Å². The minimum absolute atomic E-state index is 0.131. The van der Waals surface area contributed by atoms with Crippen molar-refractivity contribution in [3.05, 3.63) is 48.0 Å². The third-order valence-corrected chi connectivity index (χ3v) is 2.10. The number of anilines is 1. The van der Waals surface area contributed by atoms with Gasteiger partial charge in [0.1, 0.15) is 11.6 Å². The SMILES string of the molecule is Cc1ccnc(NC(=O)Cc2ccco2)c1. The van der Waals surface area contributed by atoms with Crippen molar-refractivity contribution in [2.24, 2.45) is 0 Å². The summed E-state index contributed by atoms with van der Waals surface area (Å²) in [5, 5.41) is 2.71. The fourth-order valence-corrected chi connectivity index (χ4v) is 1.36. The van der Waals surface area contributed by atoms with E-state index in [1.54, 1.807) is 24.6 Å². The van der Waals surface area contributed by atoms with Crippen LogP contribution >= 0.6 is 0 Å². The second-order valence-electron chi connectivity index (χ2n) is 3.52. The maximum atomic E-state index is 11.6. The molecule has 1 N–H and O–H groups in total. The van der Waals surface area contributed by atoms with Gasteiger partial charge >= 0.3 is 0 Å². The minimum Gasteiger partial charge on any atom is -0.469 e. The van der Waals surface area contributed by atoms with Gasteiger partial charge in [-0.1, -0.05) is 0 Å². The highest BCUT2D eigenvalue weighted by molar-refractivity contribution is 5.91. The van der Waals surface area contributed by atoms with Crippen LogP contribution in [0, 0.1) is 6.92 Å². The first-order valence-corrected chi connectivity index (χ1v) is 4.99. The van der Waals surface area contributed by atoms with Crippen LogP contribution in [0.15, 0.2) is 41.1 Å². The van der Waals surface area contributed by atoms with Crippen LogP contribution in [0.1, 0.15) is 11.3 Å². The molecular formula is C12H12N2O2. The van der Waals surface area contributed by atoms with Crippen LogP contribution in [0.4, 0.5) is 5.82 Å². The molecule has 4 nitrogen and oxygen atoms in total. The van der Waals surface area contributed by atoms with Crippen LogP contribution in [-0.4, -0.2) is 10.9 Å². The lowest BCUT2D eigenvalue weighted by molar-refractivity contribution is -0.115. The Morgan fingerprint density at radius 1 is 1.50 bits per heavy atom. The second kappa shape index (κ2) is 4.61. The Balaban J connectivity index is 1.97. The number of pyridine rings is 1. The van der Waals surface area contributed by atoms with Gasteiger partial charge in [0.05, 0.1) is 12.7 Å². The quantitative estimate of drug-likeness (QED) is 0.855. The number of carbonyl (C=O) groups is 1. The molecule has 1 amide bonds. The van der Waals surface area contributed by atoms with Gasteiger partial charge in [-0.05, 0) is 36.8 Å². The van der Waals surface area contributed by atoms with Gasteiger partial charge in [0.2, 0.25) is 5.91 Å². The number of amides is 1. The van der Waals surface area contributed by atoms with Crippen molar-refractivity contribution in [3.63, 3.8) is 0 Å². The maximum Gasteiger partial charge on any atom is 0.233 e. The molecule has 2 aromatic heterocycles. The standard InChI is InChI=1S/C12H12N2O2/c1-9-4-5-13-11(7-9)14-12(15)8-10-3-2-6-16-10/h2-7H,8H2,1H3,(H,13,14,15). The van der Waals surface area contributed by atoms with Crippen LogP contribution in [0.3, 0.4) is 0 Å². The van der Waals surface area contributed by atoms with Crippen LogP contribution in [0.5, 0.6) is 0 Å². The van der Waals surface area contributed by atoms with E-state index in [0.29, 0.717) is 11.6 Å². The molecule has 82 valence electrons. The van der Waals surface area contributed by atoms with Crippen molar-refractivity contribution in [3.8, 4) is 0 Å². The summed E-state index contributed by atoms with van der Waals surface area (Å²) in [4.78, 5) is 15.6. The molecule has 0 atom stereocenters. The first-order valence-electron chi connectivity index (χ1n) is 4.99. The van der Waals surface area contributed by atoms with E-state index >= 15 is 0 Å². The average Bonchev–Trinajstić information content (AvgIpc) is 2.70. The predicted molar refractivity (Wildman–Crippen MR) is 60.0 cm³/mol. The van der Waals surface area contributed by atoms with Gasteiger partial charge in [-0.15, -0.1) is 0 Å². The zero-order valence-corrected chi connectivity index (χ0v) is 8.93. The first-order chi connectivity index (χ1) is 7.74. The van der Waals surface area contributed by atoms with Crippen LogP contribution < -0.4 is 5.32 Å². The highest BCUT2D eigenvalue weighted by atomic mass is 16.3. The van der Waals surface area contributed by atoms with Gasteiger partial charge < -0.3 is 9.73 Å². The molecule has 0 fully saturated rings. The molecule has 0 aliphatic rings. The third kappa shape index (κ3) is 2.70. The number of carbonyl (C=O) groups excluding carboxylic acids is 1. The van der Waals surface area contributed by atoms with Crippen molar-refractivity contribution in [2.45, 2.75) is 13.3 Å². The van der Waals surface area contributed by atoms with Crippen molar-refractivity contribution in [1.29, 1.82) is 0 Å². The number of rotatable bonds is 3. The van der Waals surface area contributed by atoms with Crippen LogP contribution in [0.2, 0.25) is 0 Å². The van der Waals surface area contributed by atoms with Gasteiger partial charge in [-0.25, -0.2) is 4.98 Å². The summed E-state index contributed by atoms with van der Waals surface area (Å²) >= 11 is 0. The van der Waals surface area contributed by atoms with Gasteiger partial charge in [-0.2, -0.15) is 0 Å². The highest BCUT2D eigenvalue weighted by Gasteiger charge is 2.06. The Kier molecular flexibility index (Phi) is 3.00. The normalized spacial score (nSPS) is 10.1. The summed E-state index contributed by atoms with van der Waals surface area (Å²) in [7, 11) is 0. The van der Waals surface area contributed by atoms with E-state index in [1.165, 1.54) is 0 Å². The van der Waals surface area contributed by atoms with E-state index in [4.69, 9.17) is 4.42 Å². The zero-order valence-electron chi connectivity index (χ0n) is 8.93. The number of hydrogen-bond donors (Lipinski definition) is 1. The van der Waals surface area contributed by atoms with Crippen molar-refractivity contribution >= 4 is 11.7 Å². The lowest BCUT2D eigenvalue weighted by atomic mass is 10.3. The van der Waals surface area contributed by atoms with Crippen LogP contribution in [-0.2, 0) is 11.2 Å². The van der Waals surface area contributed by atoms with E-state index in [1.807, 2.05) is 19.1 Å². The van der Waals surface area contributed by atoms with E-state index in [0.717, 1.165) is 5.56 Å². The molecule has 0 radical (unpaired) electrons. The predicted octanol–water partition coefficient (Wildman–Crippen LogP) is 2.16. The Hall–Kier alpha value is -2.10. The van der Waals surface area contributed by atoms with Gasteiger partial charge in [-0.3, -0.25) is 4.79 Å². The van der Waals surface area contributed by atoms with Gasteiger partial charge in [0.15, 0.2) is 0 Å². The fourth-order valence-electron chi connectivity index (χ4n) is 1.36. The van der Waals surface area contributed by atoms with Gasteiger partial charge in [0.25, 0.3) is 0 Å². The molecule has 16 heavy (non-hydrogen) atoms. The summed E-state index contributed by atoms with van der Waals surface area (Å²) in [6, 6.07) is 7.22. The smallest absolute Gasteiger partial charge is 0.233 e. The molecule has 0 bridgehead atoms. The minimum atomic E-state index is -0.131. The highest BCUT2D eigenvalue weighted by Crippen LogP contribution is 2.07. The van der Waals surface area contributed by atoms with E-state index in [-0.39, 0.29) is 12.3 Å². The maximum absolute atomic E-state index is 11.6. The number of nitrogens with one attached hydrogen (secondary N) is 1. The zero-order chi connectivity index (χ0) is 11.4. The molecule has 4 heteroatoms. The Morgan fingerprint density at radius 2 is 2.38 bits per heavy atom. The Bertz CT molecular complexity index is 478. The molecule has 0 spiro atoms. The van der Waals surface area contributed by atoms with Gasteiger partial charge in [0, 0.05) is 6.20 Å². The molecule has 0 unspecified atom stereocenters. The number of hydrogen-bond acceptors (Lipinski definition) is 3. The Morgan fingerprint density at radius 3 is 3.06 bits per heavy atom. The molecule has 2 aromatic rings. The largest absolute Gasteiger partial charge is 0.469 e. The fraction of sp³-hybridized carbons (Fsp3) is 0.167. The number of aromatic nitrogens is 1. The molecule has 2 rings (SSSR count). The lowest BCUT2D eigenvalue weighted by Crippen LogP contribution is -2.14. The number of furan rings is 1. The average molecular weight is 216 g/mol. The topological polar surface area (TPSA) is 55.1 Å². The Labute approximate surface area is 93.3 Å². The summed E-state index contributed by atoms with van der Waals surface area (Å²) in [5.74, 6) is 1.08. The summed E-state index contributed by atoms with van der Waals surface area (Å²) in [6.45, 7) is 1.95. The van der Waals surface area contributed by atoms with E-state index in [9.17, 15) is 4.79 Å². The van der Waals surface area contributed by atoms with Crippen LogP contribution in [0.25, 0.3) is 0 Å². The monoisotopic (exact) mass is 216 g/mol. The number of nitrogens with zero attached hydrogens (tertiary/aromatic N) is 1. The summed E-state index contributed by atoms with van der Waals surface area (Å²) in [5.41, 5.74) is 1.06. The summed E-state index contributed by atoms with van der Waals surface area (Å²) < 4.78 is 5.08. The second-order valence-corrected chi connectivity index (χ2v) is 3.52. The van der Waals surface area contributed by atoms with Crippen molar-refractivity contribution in [1.82, 2.24) is 4.98 Å². The van der Waals surface area contributed by atoms with E-state index in [2.05, 4.69) is 10.3 Å². The first kappa shape index (κ1) is 10.4. The molecule has 0 aliphatic carbocycles. The van der Waals surface area contributed by atoms with Crippen molar-refractivity contribution in [2.75, 3.05) is 5.32 Å². The third-order valence-electron chi connectivity index (χ3n) is 2.10. The molecule has 0 aromatic carbocycles. The molecule has 2 heterocycles. The summed E-state index contributed by atoms with van der Waals surface area (Å²) in [6.07, 6.45) is 3.44.